The lowest BCUT2D eigenvalue weighted by Crippen LogP contribution is -2.22. The molecule has 1 amide bonds. The first kappa shape index (κ1) is 22.3. The van der Waals surface area contributed by atoms with Crippen molar-refractivity contribution in [3.63, 3.8) is 0 Å². The third-order valence-electron chi connectivity index (χ3n) is 5.05. The second-order valence-corrected chi connectivity index (χ2v) is 7.64. The van der Waals surface area contributed by atoms with Gasteiger partial charge in [0, 0.05) is 58.9 Å². The Bertz CT molecular complexity index is 1200. The van der Waals surface area contributed by atoms with Gasteiger partial charge in [-0.25, -0.2) is 0 Å². The van der Waals surface area contributed by atoms with E-state index in [-0.39, 0.29) is 11.3 Å². The molecule has 0 spiro atoms. The van der Waals surface area contributed by atoms with Crippen LogP contribution >= 0.6 is 0 Å². The van der Waals surface area contributed by atoms with Gasteiger partial charge in [-0.05, 0) is 48.7 Å². The number of nitrogens with zero attached hydrogens (tertiary/aromatic N) is 3. The highest BCUT2D eigenvalue weighted by molar-refractivity contribution is 6.03. The molecule has 1 aromatic carbocycles. The molecule has 1 saturated carbocycles. The highest BCUT2D eigenvalue weighted by atomic mass is 19.4. The van der Waals surface area contributed by atoms with Crippen LogP contribution in [0.1, 0.15) is 30.0 Å². The molecule has 7 nitrogen and oxygen atoms in total. The molecule has 2 heterocycles. The number of halogens is 3. The molecule has 4 rings (SSSR count). The maximum atomic E-state index is 12.4. The largest absolute Gasteiger partial charge is 0.405 e. The smallest absolute Gasteiger partial charge is 0.376 e. The maximum absolute atomic E-state index is 12.4. The Morgan fingerprint density at radius 1 is 1.21 bits per heavy atom. The number of anilines is 2. The minimum Gasteiger partial charge on any atom is -0.376 e. The number of alkyl halides is 3. The molecule has 1 aliphatic rings. The van der Waals surface area contributed by atoms with Crippen LogP contribution in [0, 0.1) is 5.41 Å². The van der Waals surface area contributed by atoms with E-state index < -0.39 is 18.6 Å². The lowest BCUT2D eigenvalue weighted by Gasteiger charge is -2.13. The fourth-order valence-electron chi connectivity index (χ4n) is 3.28. The normalized spacial score (nSPS) is 13.8. The van der Waals surface area contributed by atoms with Crippen molar-refractivity contribution in [2.24, 2.45) is 0 Å². The van der Waals surface area contributed by atoms with E-state index in [1.165, 1.54) is 24.3 Å². The Morgan fingerprint density at radius 2 is 2.03 bits per heavy atom. The minimum atomic E-state index is -4.38. The Hall–Kier alpha value is -3.95. The first-order valence-corrected chi connectivity index (χ1v) is 10.2. The van der Waals surface area contributed by atoms with Crippen molar-refractivity contribution in [3.8, 4) is 11.1 Å². The molecule has 0 aliphatic heterocycles. The lowest BCUT2D eigenvalue weighted by atomic mass is 10.0. The average Bonchev–Trinajstić information content (AvgIpc) is 3.53. The van der Waals surface area contributed by atoms with Crippen LogP contribution in [0.5, 0.6) is 0 Å². The zero-order valence-electron chi connectivity index (χ0n) is 17.4. The molecule has 0 unspecified atom stereocenters. The molecule has 170 valence electrons. The zero-order chi connectivity index (χ0) is 23.4. The molecule has 2 aromatic heterocycles. The van der Waals surface area contributed by atoms with E-state index in [0.717, 1.165) is 35.7 Å². The van der Waals surface area contributed by atoms with Gasteiger partial charge in [-0.2, -0.15) is 18.3 Å². The number of carbonyl (C=O) groups is 1. The van der Waals surface area contributed by atoms with Crippen molar-refractivity contribution >= 4 is 29.6 Å². The quantitative estimate of drug-likeness (QED) is 0.333. The fraction of sp³-hybridized carbons (Fsp3) is 0.217. The van der Waals surface area contributed by atoms with Gasteiger partial charge in [0.05, 0.1) is 12.2 Å². The number of nitrogens with one attached hydrogen (secondary N) is 3. The van der Waals surface area contributed by atoms with Crippen molar-refractivity contribution in [1.29, 1.82) is 5.41 Å². The molecule has 3 aromatic rings. The standard InChI is InChI=1S/C23H21F3N6O/c24-23(25,26)14-29-21-5-2-18(9-16(21)10-27)31-22(33)6-1-15-11-28-8-7-20(15)17-12-30-32(13-17)19-3-4-19/h1-2,5-13,19,27,29H,3-4,14H2,(H,31,33)/b6-1+,27-10?. The number of amides is 1. The lowest BCUT2D eigenvalue weighted by molar-refractivity contribution is -0.115. The average molecular weight is 454 g/mol. The molecule has 33 heavy (non-hydrogen) atoms. The number of benzene rings is 1. The number of hydrogen-bond acceptors (Lipinski definition) is 5. The van der Waals surface area contributed by atoms with E-state index in [2.05, 4.69) is 20.7 Å². The summed E-state index contributed by atoms with van der Waals surface area (Å²) in [5.74, 6) is -0.426. The van der Waals surface area contributed by atoms with Crippen LogP contribution in [0.3, 0.4) is 0 Å². The van der Waals surface area contributed by atoms with E-state index in [1.54, 1.807) is 24.7 Å². The minimum absolute atomic E-state index is 0.155. The van der Waals surface area contributed by atoms with Gasteiger partial charge in [0.2, 0.25) is 5.91 Å². The molecular formula is C23H21F3N6O. The molecule has 0 radical (unpaired) electrons. The highest BCUT2D eigenvalue weighted by Gasteiger charge is 2.27. The first-order valence-electron chi connectivity index (χ1n) is 10.2. The molecular weight excluding hydrogens is 433 g/mol. The van der Waals surface area contributed by atoms with Crippen molar-refractivity contribution in [3.05, 3.63) is 66.3 Å². The number of carbonyl (C=O) groups excluding carboxylic acids is 1. The summed E-state index contributed by atoms with van der Waals surface area (Å²) in [6, 6.07) is 6.61. The number of pyridine rings is 1. The van der Waals surface area contributed by atoms with Crippen molar-refractivity contribution < 1.29 is 18.0 Å². The monoisotopic (exact) mass is 454 g/mol. The Labute approximate surface area is 187 Å². The summed E-state index contributed by atoms with van der Waals surface area (Å²) in [4.78, 5) is 16.6. The second kappa shape index (κ2) is 9.27. The maximum Gasteiger partial charge on any atom is 0.405 e. The van der Waals surface area contributed by atoms with Gasteiger partial charge in [-0.15, -0.1) is 0 Å². The van der Waals surface area contributed by atoms with Crippen LogP contribution in [0.15, 0.2) is 55.1 Å². The van der Waals surface area contributed by atoms with Crippen LogP contribution in [0.2, 0.25) is 0 Å². The van der Waals surface area contributed by atoms with Gasteiger partial charge >= 0.3 is 6.18 Å². The van der Waals surface area contributed by atoms with Gasteiger partial charge < -0.3 is 16.0 Å². The van der Waals surface area contributed by atoms with Crippen molar-refractivity contribution in [2.45, 2.75) is 25.1 Å². The van der Waals surface area contributed by atoms with Crippen molar-refractivity contribution in [2.75, 3.05) is 17.2 Å². The van der Waals surface area contributed by atoms with E-state index in [1.807, 2.05) is 16.9 Å². The second-order valence-electron chi connectivity index (χ2n) is 7.64. The first-order chi connectivity index (χ1) is 15.8. The van der Waals surface area contributed by atoms with E-state index in [0.29, 0.717) is 11.7 Å². The zero-order valence-corrected chi connectivity index (χ0v) is 17.4. The van der Waals surface area contributed by atoms with Gasteiger partial charge in [0.15, 0.2) is 0 Å². The van der Waals surface area contributed by atoms with Gasteiger partial charge in [-0.1, -0.05) is 0 Å². The Kier molecular flexibility index (Phi) is 6.25. The summed E-state index contributed by atoms with van der Waals surface area (Å²) in [5, 5.41) is 16.8. The molecule has 1 fully saturated rings. The molecule has 0 saturated heterocycles. The summed E-state index contributed by atoms with van der Waals surface area (Å²) < 4.78 is 39.3. The molecule has 0 bridgehead atoms. The van der Waals surface area contributed by atoms with Crippen molar-refractivity contribution in [1.82, 2.24) is 14.8 Å². The molecule has 3 N–H and O–H groups in total. The van der Waals surface area contributed by atoms with E-state index in [4.69, 9.17) is 5.41 Å². The molecule has 1 aliphatic carbocycles. The summed E-state index contributed by atoms with van der Waals surface area (Å²) in [5.41, 5.74) is 3.31. The third-order valence-corrected chi connectivity index (χ3v) is 5.05. The fourth-order valence-corrected chi connectivity index (χ4v) is 3.28. The Balaban J connectivity index is 1.45. The number of hydrogen-bond donors (Lipinski definition) is 3. The SMILES string of the molecule is N=Cc1cc(NC(=O)/C=C/c2cnccc2-c2cnn(C3CC3)c2)ccc1NCC(F)(F)F. The summed E-state index contributed by atoms with van der Waals surface area (Å²) in [7, 11) is 0. The topological polar surface area (TPSA) is 95.7 Å². The summed E-state index contributed by atoms with van der Waals surface area (Å²) in [6.45, 7) is -1.21. The van der Waals surface area contributed by atoms with Crippen LogP contribution in [0.4, 0.5) is 24.5 Å². The van der Waals surface area contributed by atoms with Gasteiger partial charge in [0.1, 0.15) is 6.54 Å². The van der Waals surface area contributed by atoms with Crippen LogP contribution in [-0.4, -0.2) is 39.6 Å². The van der Waals surface area contributed by atoms with Gasteiger partial charge in [-0.3, -0.25) is 14.5 Å². The summed E-state index contributed by atoms with van der Waals surface area (Å²) in [6.07, 6.45) is 8.90. The number of rotatable bonds is 8. The predicted octanol–water partition coefficient (Wildman–Crippen LogP) is 4.90. The molecule has 0 atom stereocenters. The van der Waals surface area contributed by atoms with Crippen LogP contribution in [0.25, 0.3) is 17.2 Å². The van der Waals surface area contributed by atoms with Gasteiger partial charge in [0.25, 0.3) is 0 Å². The molecule has 10 heteroatoms. The third kappa shape index (κ3) is 5.85. The summed E-state index contributed by atoms with van der Waals surface area (Å²) >= 11 is 0. The van der Waals surface area contributed by atoms with Crippen LogP contribution in [-0.2, 0) is 4.79 Å². The number of aromatic nitrogens is 3. The van der Waals surface area contributed by atoms with Crippen LogP contribution < -0.4 is 10.6 Å². The van der Waals surface area contributed by atoms with E-state index >= 15 is 0 Å². The van der Waals surface area contributed by atoms with E-state index in [9.17, 15) is 18.0 Å². The highest BCUT2D eigenvalue weighted by Crippen LogP contribution is 2.35. The predicted molar refractivity (Wildman–Crippen MR) is 120 cm³/mol. The Morgan fingerprint density at radius 3 is 2.76 bits per heavy atom.